The first kappa shape index (κ1) is 20.0. The Labute approximate surface area is 172 Å². The van der Waals surface area contributed by atoms with E-state index in [4.69, 9.17) is 4.98 Å². The molecule has 0 spiro atoms. The van der Waals surface area contributed by atoms with Gasteiger partial charge in [-0.15, -0.1) is 0 Å². The van der Waals surface area contributed by atoms with E-state index in [9.17, 15) is 9.18 Å². The van der Waals surface area contributed by atoms with Gasteiger partial charge in [0.15, 0.2) is 0 Å². The molecule has 5 heteroatoms. The van der Waals surface area contributed by atoms with Gasteiger partial charge in [0.2, 0.25) is 5.91 Å². The summed E-state index contributed by atoms with van der Waals surface area (Å²) < 4.78 is 14.0. The Morgan fingerprint density at radius 3 is 2.66 bits per heavy atom. The smallest absolute Gasteiger partial charge is 0.236 e. The lowest BCUT2D eigenvalue weighted by Crippen LogP contribution is -2.45. The molecule has 2 fully saturated rings. The SMILES string of the molecule is O=C(CN1CCC[C@H](c2cccc(Cc3ccccc3F)n2)C1)N1CCCCC1. The number of carbonyl (C=O) groups excluding carboxylic acids is 1. The van der Waals surface area contributed by atoms with Crippen LogP contribution in [0.3, 0.4) is 0 Å². The Kier molecular flexibility index (Phi) is 6.55. The first-order chi connectivity index (χ1) is 14.2. The van der Waals surface area contributed by atoms with Gasteiger partial charge >= 0.3 is 0 Å². The van der Waals surface area contributed by atoms with Crippen LogP contribution in [0.2, 0.25) is 0 Å². The van der Waals surface area contributed by atoms with Crippen molar-refractivity contribution < 1.29 is 9.18 Å². The largest absolute Gasteiger partial charge is 0.342 e. The molecule has 0 aliphatic carbocycles. The van der Waals surface area contributed by atoms with Crippen molar-refractivity contribution in [3.63, 3.8) is 0 Å². The zero-order valence-electron chi connectivity index (χ0n) is 17.0. The summed E-state index contributed by atoms with van der Waals surface area (Å²) in [6.45, 7) is 4.19. The van der Waals surface area contributed by atoms with E-state index in [2.05, 4.69) is 11.0 Å². The molecule has 1 aromatic heterocycles. The molecule has 2 aliphatic heterocycles. The van der Waals surface area contributed by atoms with E-state index >= 15 is 0 Å². The van der Waals surface area contributed by atoms with Crippen LogP contribution in [0.5, 0.6) is 0 Å². The van der Waals surface area contributed by atoms with E-state index in [0.717, 1.165) is 63.3 Å². The average molecular weight is 396 g/mol. The highest BCUT2D eigenvalue weighted by Crippen LogP contribution is 2.26. The standard InChI is InChI=1S/C24H30FN3O/c25-22-11-3-2-8-19(22)16-21-10-6-12-23(26-21)20-9-7-13-27(17-20)18-24(29)28-14-4-1-5-15-28/h2-3,6,8,10-12,20H,1,4-5,7,9,13-18H2/t20-/m0/s1. The monoisotopic (exact) mass is 395 g/mol. The van der Waals surface area contributed by atoms with Crippen molar-refractivity contribution in [2.24, 2.45) is 0 Å². The predicted octanol–water partition coefficient (Wildman–Crippen LogP) is 4.00. The van der Waals surface area contributed by atoms with Crippen LogP contribution < -0.4 is 0 Å². The summed E-state index contributed by atoms with van der Waals surface area (Å²) >= 11 is 0. The molecule has 154 valence electrons. The van der Waals surface area contributed by atoms with E-state index < -0.39 is 0 Å². The lowest BCUT2D eigenvalue weighted by atomic mass is 9.93. The number of rotatable bonds is 5. The molecule has 2 saturated heterocycles. The molecule has 2 aliphatic rings. The second-order valence-corrected chi connectivity index (χ2v) is 8.34. The molecule has 0 radical (unpaired) electrons. The van der Waals surface area contributed by atoms with Gasteiger partial charge in [-0.25, -0.2) is 4.39 Å². The number of carbonyl (C=O) groups is 1. The fourth-order valence-corrected chi connectivity index (χ4v) is 4.54. The van der Waals surface area contributed by atoms with E-state index in [1.165, 1.54) is 12.5 Å². The molecular formula is C24H30FN3O. The van der Waals surface area contributed by atoms with Gasteiger partial charge < -0.3 is 4.90 Å². The Hall–Kier alpha value is -2.27. The molecule has 3 heterocycles. The molecule has 1 atom stereocenters. The van der Waals surface area contributed by atoms with E-state index in [1.54, 1.807) is 6.07 Å². The molecule has 29 heavy (non-hydrogen) atoms. The first-order valence-corrected chi connectivity index (χ1v) is 10.9. The normalized spacial score (nSPS) is 20.6. The summed E-state index contributed by atoms with van der Waals surface area (Å²) in [7, 11) is 0. The van der Waals surface area contributed by atoms with Crippen molar-refractivity contribution in [1.82, 2.24) is 14.8 Å². The van der Waals surface area contributed by atoms with Crippen LogP contribution in [0.1, 0.15) is 55.0 Å². The zero-order chi connectivity index (χ0) is 20.1. The van der Waals surface area contributed by atoms with Crippen LogP contribution >= 0.6 is 0 Å². The maximum atomic E-state index is 14.0. The Morgan fingerprint density at radius 2 is 1.83 bits per heavy atom. The topological polar surface area (TPSA) is 36.4 Å². The van der Waals surface area contributed by atoms with E-state index in [1.807, 2.05) is 29.2 Å². The number of amides is 1. The second-order valence-electron chi connectivity index (χ2n) is 8.34. The minimum absolute atomic E-state index is 0.181. The fraction of sp³-hybridized carbons (Fsp3) is 0.500. The predicted molar refractivity (Wildman–Crippen MR) is 112 cm³/mol. The van der Waals surface area contributed by atoms with Crippen molar-refractivity contribution in [1.29, 1.82) is 0 Å². The number of nitrogens with zero attached hydrogens (tertiary/aromatic N) is 3. The number of hydrogen-bond donors (Lipinski definition) is 0. The molecule has 0 N–H and O–H groups in total. The number of hydrogen-bond acceptors (Lipinski definition) is 3. The third-order valence-electron chi connectivity index (χ3n) is 6.15. The molecule has 0 bridgehead atoms. The van der Waals surface area contributed by atoms with Gasteiger partial charge in [0.1, 0.15) is 5.82 Å². The number of likely N-dealkylation sites (tertiary alicyclic amines) is 2. The molecular weight excluding hydrogens is 365 g/mol. The van der Waals surface area contributed by atoms with E-state index in [-0.39, 0.29) is 11.7 Å². The van der Waals surface area contributed by atoms with Crippen molar-refractivity contribution in [2.45, 2.75) is 44.4 Å². The molecule has 1 amide bonds. The Morgan fingerprint density at radius 1 is 1.00 bits per heavy atom. The average Bonchev–Trinajstić information content (AvgIpc) is 2.76. The third kappa shape index (κ3) is 5.21. The van der Waals surface area contributed by atoms with Crippen molar-refractivity contribution in [2.75, 3.05) is 32.7 Å². The van der Waals surface area contributed by atoms with Gasteiger partial charge in [0.25, 0.3) is 0 Å². The van der Waals surface area contributed by atoms with Crippen LogP contribution in [-0.2, 0) is 11.2 Å². The lowest BCUT2D eigenvalue weighted by molar-refractivity contribution is -0.133. The molecule has 0 saturated carbocycles. The van der Waals surface area contributed by atoms with Gasteiger partial charge in [-0.05, 0) is 62.4 Å². The molecule has 0 unspecified atom stereocenters. The summed E-state index contributed by atoms with van der Waals surface area (Å²) in [5.41, 5.74) is 2.64. The summed E-state index contributed by atoms with van der Waals surface area (Å²) in [5.74, 6) is 0.421. The maximum absolute atomic E-state index is 14.0. The van der Waals surface area contributed by atoms with Crippen molar-refractivity contribution >= 4 is 5.91 Å². The Balaban J connectivity index is 1.39. The van der Waals surface area contributed by atoms with E-state index in [0.29, 0.717) is 24.4 Å². The summed E-state index contributed by atoms with van der Waals surface area (Å²) in [5, 5.41) is 0. The summed E-state index contributed by atoms with van der Waals surface area (Å²) in [6, 6.07) is 13.0. The molecule has 4 rings (SSSR count). The Bertz CT molecular complexity index is 834. The number of benzene rings is 1. The van der Waals surface area contributed by atoms with Crippen LogP contribution in [0.25, 0.3) is 0 Å². The van der Waals surface area contributed by atoms with Crippen LogP contribution in [0.15, 0.2) is 42.5 Å². The number of aromatic nitrogens is 1. The van der Waals surface area contributed by atoms with Crippen LogP contribution in [-0.4, -0.2) is 53.4 Å². The molecule has 1 aromatic carbocycles. The zero-order valence-corrected chi connectivity index (χ0v) is 17.0. The minimum Gasteiger partial charge on any atom is -0.342 e. The van der Waals surface area contributed by atoms with Crippen LogP contribution in [0, 0.1) is 5.82 Å². The maximum Gasteiger partial charge on any atom is 0.236 e. The second kappa shape index (κ2) is 9.49. The number of piperidine rings is 2. The van der Waals surface area contributed by atoms with Crippen molar-refractivity contribution in [3.8, 4) is 0 Å². The third-order valence-corrected chi connectivity index (χ3v) is 6.15. The number of pyridine rings is 1. The minimum atomic E-state index is -0.181. The van der Waals surface area contributed by atoms with Gasteiger partial charge in [-0.1, -0.05) is 24.3 Å². The molecule has 2 aromatic rings. The lowest BCUT2D eigenvalue weighted by Gasteiger charge is -2.34. The summed E-state index contributed by atoms with van der Waals surface area (Å²) in [4.78, 5) is 21.8. The van der Waals surface area contributed by atoms with Crippen LogP contribution in [0.4, 0.5) is 4.39 Å². The first-order valence-electron chi connectivity index (χ1n) is 10.9. The molecule has 4 nitrogen and oxygen atoms in total. The quantitative estimate of drug-likeness (QED) is 0.768. The fourth-order valence-electron chi connectivity index (χ4n) is 4.54. The highest BCUT2D eigenvalue weighted by Gasteiger charge is 2.26. The van der Waals surface area contributed by atoms with Gasteiger partial charge in [-0.3, -0.25) is 14.7 Å². The van der Waals surface area contributed by atoms with Gasteiger partial charge in [0.05, 0.1) is 6.54 Å². The number of halogens is 1. The highest BCUT2D eigenvalue weighted by atomic mass is 19.1. The highest BCUT2D eigenvalue weighted by molar-refractivity contribution is 5.78. The van der Waals surface area contributed by atoms with Gasteiger partial charge in [0, 0.05) is 43.4 Å². The summed E-state index contributed by atoms with van der Waals surface area (Å²) in [6.07, 6.45) is 6.18. The van der Waals surface area contributed by atoms with Gasteiger partial charge in [-0.2, -0.15) is 0 Å². The van der Waals surface area contributed by atoms with Crippen molar-refractivity contribution in [3.05, 3.63) is 65.2 Å².